The molecule has 0 unspecified atom stereocenters. The van der Waals surface area contributed by atoms with E-state index in [1.54, 1.807) is 25.1 Å². The first-order valence-electron chi connectivity index (χ1n) is 6.13. The summed E-state index contributed by atoms with van der Waals surface area (Å²) in [6.07, 6.45) is 0. The van der Waals surface area contributed by atoms with Gasteiger partial charge in [0.25, 0.3) is 0 Å². The monoisotopic (exact) mass is 396 g/mol. The van der Waals surface area contributed by atoms with Crippen molar-refractivity contribution in [3.8, 4) is 11.5 Å². The van der Waals surface area contributed by atoms with Crippen LogP contribution in [0, 0.1) is 13.8 Å². The standard InChI is InChI=1S/C16H14Br2O2/c1-9-6-13(7-10(2)16(9)18)20-15-5-4-12(11(3)19)8-14(15)17/h4-8H,1-3H3. The minimum Gasteiger partial charge on any atom is -0.456 e. The zero-order valence-corrected chi connectivity index (χ0v) is 14.6. The van der Waals surface area contributed by atoms with Crippen molar-refractivity contribution in [1.29, 1.82) is 0 Å². The van der Waals surface area contributed by atoms with Crippen molar-refractivity contribution in [3.05, 3.63) is 56.0 Å². The maximum Gasteiger partial charge on any atom is 0.159 e. The molecule has 0 atom stereocenters. The maximum absolute atomic E-state index is 11.3. The molecule has 2 rings (SSSR count). The van der Waals surface area contributed by atoms with Crippen LogP contribution in [0.15, 0.2) is 39.3 Å². The van der Waals surface area contributed by atoms with Crippen LogP contribution in [0.25, 0.3) is 0 Å². The van der Waals surface area contributed by atoms with Crippen molar-refractivity contribution in [2.75, 3.05) is 0 Å². The summed E-state index contributed by atoms with van der Waals surface area (Å²) >= 11 is 6.97. The van der Waals surface area contributed by atoms with Gasteiger partial charge in [-0.3, -0.25) is 4.79 Å². The van der Waals surface area contributed by atoms with E-state index in [9.17, 15) is 4.79 Å². The number of hydrogen-bond donors (Lipinski definition) is 0. The summed E-state index contributed by atoms with van der Waals surface area (Å²) in [7, 11) is 0. The number of aryl methyl sites for hydroxylation is 2. The quantitative estimate of drug-likeness (QED) is 0.609. The highest BCUT2D eigenvalue weighted by Crippen LogP contribution is 2.33. The Morgan fingerprint density at radius 3 is 2.15 bits per heavy atom. The third-order valence-corrected chi connectivity index (χ3v) is 4.85. The fraction of sp³-hybridized carbons (Fsp3) is 0.188. The Morgan fingerprint density at radius 1 is 1.05 bits per heavy atom. The molecule has 104 valence electrons. The Morgan fingerprint density at radius 2 is 1.65 bits per heavy atom. The lowest BCUT2D eigenvalue weighted by atomic mass is 10.1. The minimum absolute atomic E-state index is 0.0348. The lowest BCUT2D eigenvalue weighted by Gasteiger charge is -2.11. The normalized spacial score (nSPS) is 10.4. The minimum atomic E-state index is 0.0348. The SMILES string of the molecule is CC(=O)c1ccc(Oc2cc(C)c(Br)c(C)c2)c(Br)c1. The molecule has 0 saturated carbocycles. The molecular weight excluding hydrogens is 384 g/mol. The van der Waals surface area contributed by atoms with Crippen LogP contribution >= 0.6 is 31.9 Å². The largest absolute Gasteiger partial charge is 0.456 e. The maximum atomic E-state index is 11.3. The number of ketones is 1. The molecule has 0 bridgehead atoms. The lowest BCUT2D eigenvalue weighted by molar-refractivity contribution is 0.101. The van der Waals surface area contributed by atoms with Gasteiger partial charge in [0.15, 0.2) is 5.78 Å². The molecule has 0 heterocycles. The van der Waals surface area contributed by atoms with Gasteiger partial charge in [0, 0.05) is 10.0 Å². The number of benzene rings is 2. The highest BCUT2D eigenvalue weighted by molar-refractivity contribution is 9.10. The van der Waals surface area contributed by atoms with Crippen LogP contribution < -0.4 is 4.74 Å². The summed E-state index contributed by atoms with van der Waals surface area (Å²) in [6, 6.07) is 9.29. The third-order valence-electron chi connectivity index (χ3n) is 2.98. The topological polar surface area (TPSA) is 26.3 Å². The van der Waals surface area contributed by atoms with Crippen LogP contribution in [-0.4, -0.2) is 5.78 Å². The van der Waals surface area contributed by atoms with Crippen LogP contribution in [0.5, 0.6) is 11.5 Å². The van der Waals surface area contributed by atoms with Gasteiger partial charge in [0.2, 0.25) is 0 Å². The number of ether oxygens (including phenoxy) is 1. The summed E-state index contributed by atoms with van der Waals surface area (Å²) in [4.78, 5) is 11.3. The molecule has 0 aliphatic heterocycles. The van der Waals surface area contributed by atoms with E-state index in [0.717, 1.165) is 25.8 Å². The average Bonchev–Trinajstić information content (AvgIpc) is 2.38. The van der Waals surface area contributed by atoms with Crippen LogP contribution in [0.2, 0.25) is 0 Å². The number of carbonyl (C=O) groups is 1. The van der Waals surface area contributed by atoms with Crippen LogP contribution in [0.4, 0.5) is 0 Å². The van der Waals surface area contributed by atoms with E-state index in [4.69, 9.17) is 4.74 Å². The van der Waals surface area contributed by atoms with E-state index >= 15 is 0 Å². The molecule has 0 aromatic heterocycles. The number of halogens is 2. The van der Waals surface area contributed by atoms with E-state index in [0.29, 0.717) is 11.3 Å². The number of hydrogen-bond acceptors (Lipinski definition) is 2. The van der Waals surface area contributed by atoms with E-state index < -0.39 is 0 Å². The van der Waals surface area contributed by atoms with Crippen molar-refractivity contribution in [3.63, 3.8) is 0 Å². The predicted molar refractivity (Wildman–Crippen MR) is 87.8 cm³/mol. The summed E-state index contributed by atoms with van der Waals surface area (Å²) in [6.45, 7) is 5.60. The van der Waals surface area contributed by atoms with Crippen molar-refractivity contribution < 1.29 is 9.53 Å². The van der Waals surface area contributed by atoms with Crippen LogP contribution in [0.3, 0.4) is 0 Å². The number of Topliss-reactive ketones (excluding diaryl/α,β-unsaturated/α-hetero) is 1. The van der Waals surface area contributed by atoms with Gasteiger partial charge in [0.05, 0.1) is 4.47 Å². The van der Waals surface area contributed by atoms with E-state index in [-0.39, 0.29) is 5.78 Å². The Kier molecular flexibility index (Phi) is 4.66. The first kappa shape index (κ1) is 15.3. The van der Waals surface area contributed by atoms with E-state index in [1.807, 2.05) is 26.0 Å². The zero-order valence-electron chi connectivity index (χ0n) is 11.5. The van der Waals surface area contributed by atoms with Crippen molar-refractivity contribution in [1.82, 2.24) is 0 Å². The Labute approximate surface area is 135 Å². The zero-order chi connectivity index (χ0) is 14.9. The lowest BCUT2D eigenvalue weighted by Crippen LogP contribution is -1.94. The fourth-order valence-corrected chi connectivity index (χ4v) is 2.58. The molecular formula is C16H14Br2O2. The molecule has 4 heteroatoms. The van der Waals surface area contributed by atoms with Crippen molar-refractivity contribution in [2.24, 2.45) is 0 Å². The second-order valence-electron chi connectivity index (χ2n) is 4.67. The summed E-state index contributed by atoms with van der Waals surface area (Å²) in [5.74, 6) is 1.50. The summed E-state index contributed by atoms with van der Waals surface area (Å²) < 4.78 is 7.74. The third kappa shape index (κ3) is 3.30. The predicted octanol–water partition coefficient (Wildman–Crippen LogP) is 5.82. The Hall–Kier alpha value is -1.13. The second kappa shape index (κ2) is 6.10. The van der Waals surface area contributed by atoms with Gasteiger partial charge >= 0.3 is 0 Å². The van der Waals surface area contributed by atoms with Crippen LogP contribution in [0.1, 0.15) is 28.4 Å². The number of carbonyl (C=O) groups excluding carboxylic acids is 1. The highest BCUT2D eigenvalue weighted by atomic mass is 79.9. The fourth-order valence-electron chi connectivity index (χ4n) is 1.89. The first-order chi connectivity index (χ1) is 9.38. The second-order valence-corrected chi connectivity index (χ2v) is 6.32. The molecule has 0 radical (unpaired) electrons. The Bertz CT molecular complexity index is 655. The molecule has 2 aromatic carbocycles. The smallest absolute Gasteiger partial charge is 0.159 e. The van der Waals surface area contributed by atoms with Gasteiger partial charge in [0.1, 0.15) is 11.5 Å². The molecule has 0 amide bonds. The number of rotatable bonds is 3. The van der Waals surface area contributed by atoms with Gasteiger partial charge in [-0.25, -0.2) is 0 Å². The van der Waals surface area contributed by atoms with Gasteiger partial charge in [-0.05, 0) is 78.2 Å². The molecule has 0 aliphatic rings. The summed E-state index contributed by atoms with van der Waals surface area (Å²) in [5, 5.41) is 0. The molecule has 0 N–H and O–H groups in total. The molecule has 0 aliphatic carbocycles. The molecule has 0 fully saturated rings. The van der Waals surface area contributed by atoms with Gasteiger partial charge < -0.3 is 4.74 Å². The van der Waals surface area contributed by atoms with Crippen molar-refractivity contribution >= 4 is 37.6 Å². The molecule has 0 saturated heterocycles. The van der Waals surface area contributed by atoms with E-state index in [2.05, 4.69) is 31.9 Å². The Balaban J connectivity index is 2.33. The highest BCUT2D eigenvalue weighted by Gasteiger charge is 2.08. The van der Waals surface area contributed by atoms with E-state index in [1.165, 1.54) is 0 Å². The van der Waals surface area contributed by atoms with Gasteiger partial charge in [-0.2, -0.15) is 0 Å². The van der Waals surface area contributed by atoms with Gasteiger partial charge in [-0.15, -0.1) is 0 Å². The molecule has 0 spiro atoms. The first-order valence-corrected chi connectivity index (χ1v) is 7.72. The molecule has 2 nitrogen and oxygen atoms in total. The molecule has 2 aromatic rings. The average molecular weight is 398 g/mol. The summed E-state index contributed by atoms with van der Waals surface area (Å²) in [5.41, 5.74) is 2.90. The van der Waals surface area contributed by atoms with Crippen LogP contribution in [-0.2, 0) is 0 Å². The molecule has 20 heavy (non-hydrogen) atoms. The van der Waals surface area contributed by atoms with Crippen molar-refractivity contribution in [2.45, 2.75) is 20.8 Å². The van der Waals surface area contributed by atoms with Gasteiger partial charge in [-0.1, -0.05) is 15.9 Å².